The summed E-state index contributed by atoms with van der Waals surface area (Å²) in [5.41, 5.74) is -1.01. The number of fused-ring (bicyclic) bond motifs is 1. The molecule has 2 N–H and O–H groups in total. The van der Waals surface area contributed by atoms with Crippen LogP contribution in [0, 0.1) is 0 Å². The topological polar surface area (TPSA) is 84.6 Å². The van der Waals surface area contributed by atoms with Crippen molar-refractivity contribution in [3.63, 3.8) is 0 Å². The van der Waals surface area contributed by atoms with Gasteiger partial charge in [-0.05, 0) is 30.3 Å². The smallest absolute Gasteiger partial charge is 0.453 e. The van der Waals surface area contributed by atoms with Gasteiger partial charge in [0.05, 0.1) is 5.56 Å². The molecule has 2 aromatic heterocycles. The molecule has 1 atom stereocenters. The van der Waals surface area contributed by atoms with Crippen LogP contribution in [0.2, 0.25) is 0 Å². The molecule has 3 rings (SSSR count). The summed E-state index contributed by atoms with van der Waals surface area (Å²) in [6.45, 7) is -0.530. The summed E-state index contributed by atoms with van der Waals surface area (Å²) >= 11 is 0. The lowest BCUT2D eigenvalue weighted by Crippen LogP contribution is -2.27. The van der Waals surface area contributed by atoms with Crippen LogP contribution in [0.25, 0.3) is 5.65 Å². The van der Waals surface area contributed by atoms with Gasteiger partial charge in [-0.25, -0.2) is 0 Å². The highest BCUT2D eigenvalue weighted by Gasteiger charge is 2.37. The average Bonchev–Trinajstić information content (AvgIpc) is 3.08. The maximum Gasteiger partial charge on any atom is 0.453 e. The van der Waals surface area contributed by atoms with E-state index in [4.69, 9.17) is 4.74 Å². The van der Waals surface area contributed by atoms with E-state index < -0.39 is 29.8 Å². The lowest BCUT2D eigenvalue weighted by atomic mass is 10.2. The van der Waals surface area contributed by atoms with E-state index in [0.29, 0.717) is 4.52 Å². The van der Waals surface area contributed by atoms with Crippen molar-refractivity contribution in [3.05, 3.63) is 47.8 Å². The number of benzene rings is 1. The number of ether oxygens (including phenoxy) is 1. The van der Waals surface area contributed by atoms with Gasteiger partial charge in [0.1, 0.15) is 24.3 Å². The van der Waals surface area contributed by atoms with Gasteiger partial charge in [-0.3, -0.25) is 0 Å². The molecular formula is C16H13F6N5O2. The number of anilines is 1. The Morgan fingerprint density at radius 3 is 2.48 bits per heavy atom. The zero-order valence-corrected chi connectivity index (χ0v) is 14.4. The third kappa shape index (κ3) is 5.04. The number of hydrogen-bond donors (Lipinski definition) is 2. The molecule has 1 aromatic carbocycles. The molecule has 0 radical (unpaired) electrons. The van der Waals surface area contributed by atoms with Crippen LogP contribution in [0.5, 0.6) is 5.75 Å². The molecule has 1 unspecified atom stereocenters. The Bertz CT molecular complexity index is 988. The highest BCUT2D eigenvalue weighted by Crippen LogP contribution is 2.31. The van der Waals surface area contributed by atoms with Crippen LogP contribution >= 0.6 is 0 Å². The normalized spacial score (nSPS) is 13.5. The Balaban J connectivity index is 1.59. The van der Waals surface area contributed by atoms with E-state index in [-0.39, 0.29) is 30.4 Å². The molecule has 3 aromatic rings. The minimum atomic E-state index is -4.75. The summed E-state index contributed by atoms with van der Waals surface area (Å²) in [6, 6.07) is 6.73. The van der Waals surface area contributed by atoms with Crippen molar-refractivity contribution in [2.75, 3.05) is 18.5 Å². The van der Waals surface area contributed by atoms with Crippen LogP contribution in [0.1, 0.15) is 11.4 Å². The van der Waals surface area contributed by atoms with Gasteiger partial charge in [-0.1, -0.05) is 6.07 Å². The molecule has 0 aliphatic carbocycles. The van der Waals surface area contributed by atoms with Crippen molar-refractivity contribution < 1.29 is 36.2 Å². The molecule has 7 nitrogen and oxygen atoms in total. The monoisotopic (exact) mass is 421 g/mol. The molecule has 0 aliphatic heterocycles. The maximum atomic E-state index is 12.8. The zero-order chi connectivity index (χ0) is 21.2. The van der Waals surface area contributed by atoms with Gasteiger partial charge in [0.25, 0.3) is 5.82 Å². The second kappa shape index (κ2) is 7.73. The summed E-state index contributed by atoms with van der Waals surface area (Å²) in [4.78, 5) is 0. The maximum absolute atomic E-state index is 12.8. The second-order valence-corrected chi connectivity index (χ2v) is 5.88. The highest BCUT2D eigenvalue weighted by atomic mass is 19.4. The van der Waals surface area contributed by atoms with Crippen molar-refractivity contribution in [2.45, 2.75) is 18.5 Å². The van der Waals surface area contributed by atoms with Gasteiger partial charge < -0.3 is 15.2 Å². The lowest BCUT2D eigenvalue weighted by molar-refractivity contribution is -0.146. The second-order valence-electron chi connectivity index (χ2n) is 5.88. The van der Waals surface area contributed by atoms with E-state index in [1.54, 1.807) is 0 Å². The third-order valence-electron chi connectivity index (χ3n) is 3.64. The number of nitrogens with one attached hydrogen (secondary N) is 1. The molecule has 2 heterocycles. The van der Waals surface area contributed by atoms with Gasteiger partial charge in [-0.15, -0.1) is 15.3 Å². The number of aliphatic hydroxyl groups is 1. The van der Waals surface area contributed by atoms with Crippen molar-refractivity contribution in [1.29, 1.82) is 0 Å². The quantitative estimate of drug-likeness (QED) is 0.596. The molecule has 0 amide bonds. The predicted molar refractivity (Wildman–Crippen MR) is 87.2 cm³/mol. The minimum absolute atomic E-state index is 0.000851. The Morgan fingerprint density at radius 2 is 1.79 bits per heavy atom. The molecule has 0 saturated carbocycles. The van der Waals surface area contributed by atoms with Crippen LogP contribution in [0.4, 0.5) is 32.2 Å². The van der Waals surface area contributed by atoms with Gasteiger partial charge in [-0.2, -0.15) is 30.9 Å². The Hall–Kier alpha value is -3.09. The van der Waals surface area contributed by atoms with Crippen molar-refractivity contribution in [3.8, 4) is 5.75 Å². The minimum Gasteiger partial charge on any atom is -0.491 e. The SMILES string of the molecule is OC(CNc1ccc2nnc(C(F)(F)F)n2n1)COc1cccc(C(F)(F)F)c1. The molecule has 29 heavy (non-hydrogen) atoms. The molecule has 156 valence electrons. The van der Waals surface area contributed by atoms with Gasteiger partial charge in [0.2, 0.25) is 0 Å². The summed E-state index contributed by atoms with van der Waals surface area (Å²) < 4.78 is 82.2. The van der Waals surface area contributed by atoms with E-state index in [0.717, 1.165) is 12.1 Å². The zero-order valence-electron chi connectivity index (χ0n) is 14.4. The van der Waals surface area contributed by atoms with Gasteiger partial charge in [0.15, 0.2) is 5.65 Å². The largest absolute Gasteiger partial charge is 0.491 e. The van der Waals surface area contributed by atoms with E-state index in [2.05, 4.69) is 20.6 Å². The van der Waals surface area contributed by atoms with E-state index in [9.17, 15) is 31.4 Å². The van der Waals surface area contributed by atoms with Crippen LogP contribution in [0.15, 0.2) is 36.4 Å². The first-order chi connectivity index (χ1) is 13.5. The van der Waals surface area contributed by atoms with E-state index in [1.165, 1.54) is 24.3 Å². The average molecular weight is 421 g/mol. The van der Waals surface area contributed by atoms with Gasteiger partial charge in [0, 0.05) is 6.54 Å². The van der Waals surface area contributed by atoms with Crippen molar-refractivity contribution in [2.24, 2.45) is 0 Å². The number of aliphatic hydroxyl groups excluding tert-OH is 1. The molecule has 0 aliphatic rings. The summed E-state index contributed by atoms with van der Waals surface area (Å²) in [5.74, 6) is -1.39. The number of aromatic nitrogens is 4. The Kier molecular flexibility index (Phi) is 5.50. The number of alkyl halides is 6. The Morgan fingerprint density at radius 1 is 1.03 bits per heavy atom. The first-order valence-corrected chi connectivity index (χ1v) is 8.06. The van der Waals surface area contributed by atoms with Crippen LogP contribution in [-0.4, -0.2) is 44.2 Å². The highest BCUT2D eigenvalue weighted by molar-refractivity contribution is 5.44. The third-order valence-corrected chi connectivity index (χ3v) is 3.64. The Labute approximate surface area is 158 Å². The molecular weight excluding hydrogens is 408 g/mol. The number of nitrogens with zero attached hydrogens (tertiary/aromatic N) is 4. The molecule has 0 fully saturated rings. The van der Waals surface area contributed by atoms with Crippen LogP contribution in [0.3, 0.4) is 0 Å². The van der Waals surface area contributed by atoms with E-state index in [1.807, 2.05) is 0 Å². The number of halogens is 6. The fourth-order valence-electron chi connectivity index (χ4n) is 2.30. The summed E-state index contributed by atoms with van der Waals surface area (Å²) in [5, 5.41) is 22.6. The molecule has 0 bridgehead atoms. The first-order valence-electron chi connectivity index (χ1n) is 8.06. The number of hydrogen-bond acceptors (Lipinski definition) is 6. The molecule has 0 spiro atoms. The summed E-state index contributed by atoms with van der Waals surface area (Å²) in [6.07, 6.45) is -10.4. The van der Waals surface area contributed by atoms with Crippen molar-refractivity contribution >= 4 is 11.5 Å². The van der Waals surface area contributed by atoms with Gasteiger partial charge >= 0.3 is 12.4 Å². The van der Waals surface area contributed by atoms with E-state index >= 15 is 0 Å². The summed E-state index contributed by atoms with van der Waals surface area (Å²) in [7, 11) is 0. The standard InChI is InChI=1S/C16H13F6N5O2/c17-15(18,19)9-2-1-3-11(6-9)29-8-10(28)7-23-12-4-5-13-24-25-14(16(20,21)22)27(13)26-12/h1-6,10,28H,7-8H2,(H,23,26). The van der Waals surface area contributed by atoms with Crippen LogP contribution < -0.4 is 10.1 Å². The molecule has 0 saturated heterocycles. The fraction of sp³-hybridized carbons (Fsp3) is 0.312. The predicted octanol–water partition coefficient (Wildman–Crippen LogP) is 3.01. The first kappa shape index (κ1) is 20.6. The molecule has 13 heteroatoms. The lowest BCUT2D eigenvalue weighted by Gasteiger charge is -2.15. The van der Waals surface area contributed by atoms with Crippen molar-refractivity contribution in [1.82, 2.24) is 19.8 Å². The van der Waals surface area contributed by atoms with Crippen LogP contribution in [-0.2, 0) is 12.4 Å². The fourth-order valence-corrected chi connectivity index (χ4v) is 2.30. The number of rotatable bonds is 6.